The van der Waals surface area contributed by atoms with Crippen LogP contribution in [0.4, 0.5) is 0 Å². The molecule has 1 N–H and O–H groups in total. The van der Waals surface area contributed by atoms with Crippen LogP contribution in [0.1, 0.15) is 18.4 Å². The number of hydrogen-bond acceptors (Lipinski definition) is 5. The van der Waals surface area contributed by atoms with Crippen LogP contribution in [0.5, 0.6) is 5.75 Å². The Kier molecular flexibility index (Phi) is 6.66. The van der Waals surface area contributed by atoms with Gasteiger partial charge in [-0.3, -0.25) is 4.90 Å². The van der Waals surface area contributed by atoms with E-state index in [0.29, 0.717) is 13.2 Å². The maximum atomic E-state index is 10.4. The molecule has 0 radical (unpaired) electrons. The van der Waals surface area contributed by atoms with Crippen molar-refractivity contribution in [1.82, 2.24) is 4.90 Å². The van der Waals surface area contributed by atoms with Crippen LogP contribution in [0, 0.1) is 0 Å². The fourth-order valence-corrected chi connectivity index (χ4v) is 3.64. The van der Waals surface area contributed by atoms with Gasteiger partial charge in [-0.25, -0.2) is 0 Å². The summed E-state index contributed by atoms with van der Waals surface area (Å²) >= 11 is 1.71. The van der Waals surface area contributed by atoms with Gasteiger partial charge in [-0.2, -0.15) is 11.3 Å². The first-order valence-electron chi connectivity index (χ1n) is 8.50. The van der Waals surface area contributed by atoms with E-state index in [-0.39, 0.29) is 6.10 Å². The lowest BCUT2D eigenvalue weighted by Gasteiger charge is -2.27. The Morgan fingerprint density at radius 3 is 2.88 bits per heavy atom. The van der Waals surface area contributed by atoms with Gasteiger partial charge < -0.3 is 14.6 Å². The van der Waals surface area contributed by atoms with Crippen molar-refractivity contribution in [2.24, 2.45) is 0 Å². The van der Waals surface area contributed by atoms with E-state index in [0.717, 1.165) is 38.3 Å². The molecule has 1 fully saturated rings. The van der Waals surface area contributed by atoms with E-state index < -0.39 is 6.10 Å². The summed E-state index contributed by atoms with van der Waals surface area (Å²) < 4.78 is 11.4. The highest BCUT2D eigenvalue weighted by Crippen LogP contribution is 2.17. The SMILES string of the molecule is OC(COc1ccccc1)CN(Cc1ccsc1)CC1CCCO1. The summed E-state index contributed by atoms with van der Waals surface area (Å²) in [4.78, 5) is 2.27. The molecule has 24 heavy (non-hydrogen) atoms. The van der Waals surface area contributed by atoms with E-state index in [1.807, 2.05) is 30.3 Å². The maximum absolute atomic E-state index is 10.4. The summed E-state index contributed by atoms with van der Waals surface area (Å²) in [5.74, 6) is 0.792. The number of hydrogen-bond donors (Lipinski definition) is 1. The van der Waals surface area contributed by atoms with Crippen molar-refractivity contribution >= 4 is 11.3 Å². The molecule has 0 spiro atoms. The predicted octanol–water partition coefficient (Wildman–Crippen LogP) is 3.17. The molecule has 3 rings (SSSR count). The third-order valence-electron chi connectivity index (χ3n) is 4.13. The molecule has 0 bridgehead atoms. The van der Waals surface area contributed by atoms with Gasteiger partial charge in [0.1, 0.15) is 18.5 Å². The lowest BCUT2D eigenvalue weighted by Crippen LogP contribution is -2.39. The molecule has 2 atom stereocenters. The lowest BCUT2D eigenvalue weighted by atomic mass is 10.2. The van der Waals surface area contributed by atoms with Gasteiger partial charge in [-0.05, 0) is 47.4 Å². The highest BCUT2D eigenvalue weighted by Gasteiger charge is 2.21. The summed E-state index contributed by atoms with van der Waals surface area (Å²) in [6.45, 7) is 3.44. The molecule has 1 aliphatic heterocycles. The molecule has 5 heteroatoms. The van der Waals surface area contributed by atoms with Crippen molar-refractivity contribution in [2.75, 3.05) is 26.3 Å². The quantitative estimate of drug-likeness (QED) is 0.756. The lowest BCUT2D eigenvalue weighted by molar-refractivity contribution is 0.0314. The Hall–Kier alpha value is -1.40. The molecular weight excluding hydrogens is 322 g/mol. The highest BCUT2D eigenvalue weighted by atomic mass is 32.1. The molecule has 2 aromatic rings. The van der Waals surface area contributed by atoms with E-state index in [4.69, 9.17) is 9.47 Å². The summed E-state index contributed by atoms with van der Waals surface area (Å²) in [5, 5.41) is 14.6. The largest absolute Gasteiger partial charge is 0.491 e. The molecule has 2 heterocycles. The van der Waals surface area contributed by atoms with E-state index in [1.54, 1.807) is 11.3 Å². The van der Waals surface area contributed by atoms with Gasteiger partial charge in [0.05, 0.1) is 6.10 Å². The second-order valence-corrected chi connectivity index (χ2v) is 7.02. The standard InChI is InChI=1S/C19H25NO3S/c21-17(14-23-18-5-2-1-3-6-18)12-20(11-16-8-10-24-15-16)13-19-7-4-9-22-19/h1-3,5-6,8,10,15,17,19,21H,4,7,9,11-14H2. The summed E-state index contributed by atoms with van der Waals surface area (Å²) in [6, 6.07) is 11.8. The number of nitrogens with zero attached hydrogens (tertiary/aromatic N) is 1. The zero-order valence-corrected chi connectivity index (χ0v) is 14.7. The van der Waals surface area contributed by atoms with Crippen LogP contribution in [0.3, 0.4) is 0 Å². The monoisotopic (exact) mass is 347 g/mol. The number of aliphatic hydroxyl groups excluding tert-OH is 1. The number of benzene rings is 1. The number of thiophene rings is 1. The molecule has 0 amide bonds. The van der Waals surface area contributed by atoms with Crippen LogP contribution in [0.25, 0.3) is 0 Å². The van der Waals surface area contributed by atoms with E-state index in [1.165, 1.54) is 5.56 Å². The Labute approximate surface area is 147 Å². The van der Waals surface area contributed by atoms with Crippen LogP contribution < -0.4 is 4.74 Å². The first-order chi connectivity index (χ1) is 11.8. The van der Waals surface area contributed by atoms with Gasteiger partial charge in [-0.15, -0.1) is 0 Å². The molecule has 4 nitrogen and oxygen atoms in total. The van der Waals surface area contributed by atoms with E-state index >= 15 is 0 Å². The molecule has 130 valence electrons. The van der Waals surface area contributed by atoms with Gasteiger partial charge in [0.2, 0.25) is 0 Å². The molecule has 0 aliphatic carbocycles. The van der Waals surface area contributed by atoms with Gasteiger partial charge in [0.15, 0.2) is 0 Å². The van der Waals surface area contributed by atoms with Gasteiger partial charge >= 0.3 is 0 Å². The third-order valence-corrected chi connectivity index (χ3v) is 4.86. The Balaban J connectivity index is 1.51. The fourth-order valence-electron chi connectivity index (χ4n) is 2.98. The third kappa shape index (κ3) is 5.60. The molecule has 1 saturated heterocycles. The van der Waals surface area contributed by atoms with Crippen molar-refractivity contribution in [1.29, 1.82) is 0 Å². The molecular formula is C19H25NO3S. The summed E-state index contributed by atoms with van der Waals surface area (Å²) in [7, 11) is 0. The van der Waals surface area contributed by atoms with Crippen molar-refractivity contribution in [3.05, 3.63) is 52.7 Å². The number of para-hydroxylation sites is 1. The zero-order valence-electron chi connectivity index (χ0n) is 13.8. The fraction of sp³-hybridized carbons (Fsp3) is 0.474. The average molecular weight is 347 g/mol. The van der Waals surface area contributed by atoms with Crippen molar-refractivity contribution in [3.8, 4) is 5.75 Å². The first-order valence-corrected chi connectivity index (χ1v) is 9.45. The topological polar surface area (TPSA) is 41.9 Å². The van der Waals surface area contributed by atoms with Crippen LogP contribution in [-0.2, 0) is 11.3 Å². The average Bonchev–Trinajstić information content (AvgIpc) is 3.28. The number of ether oxygens (including phenoxy) is 2. The van der Waals surface area contributed by atoms with E-state index in [9.17, 15) is 5.11 Å². The van der Waals surface area contributed by atoms with Crippen molar-refractivity contribution < 1.29 is 14.6 Å². The van der Waals surface area contributed by atoms with Crippen LogP contribution >= 0.6 is 11.3 Å². The second kappa shape index (κ2) is 9.18. The normalized spacial score (nSPS) is 18.8. The minimum atomic E-state index is -0.523. The highest BCUT2D eigenvalue weighted by molar-refractivity contribution is 7.07. The Bertz CT molecular complexity index is 570. The van der Waals surface area contributed by atoms with Crippen LogP contribution in [-0.4, -0.2) is 48.5 Å². The molecule has 2 unspecified atom stereocenters. The minimum Gasteiger partial charge on any atom is -0.491 e. The van der Waals surface area contributed by atoms with Gasteiger partial charge in [-0.1, -0.05) is 18.2 Å². The first kappa shape index (κ1) is 17.4. The van der Waals surface area contributed by atoms with Crippen LogP contribution in [0.2, 0.25) is 0 Å². The smallest absolute Gasteiger partial charge is 0.119 e. The Morgan fingerprint density at radius 1 is 1.29 bits per heavy atom. The molecule has 0 saturated carbocycles. The molecule has 1 aromatic heterocycles. The van der Waals surface area contributed by atoms with Crippen LogP contribution in [0.15, 0.2) is 47.2 Å². The summed E-state index contributed by atoms with van der Waals surface area (Å²) in [5.41, 5.74) is 1.29. The van der Waals surface area contributed by atoms with E-state index in [2.05, 4.69) is 21.7 Å². The maximum Gasteiger partial charge on any atom is 0.119 e. The molecule has 1 aliphatic rings. The molecule has 1 aromatic carbocycles. The van der Waals surface area contributed by atoms with Crippen molar-refractivity contribution in [2.45, 2.75) is 31.6 Å². The number of rotatable bonds is 9. The predicted molar refractivity (Wildman–Crippen MR) is 96.5 cm³/mol. The Morgan fingerprint density at radius 2 is 2.17 bits per heavy atom. The summed E-state index contributed by atoms with van der Waals surface area (Å²) in [6.07, 6.45) is 2.00. The number of aliphatic hydroxyl groups is 1. The van der Waals surface area contributed by atoms with Crippen molar-refractivity contribution in [3.63, 3.8) is 0 Å². The zero-order chi connectivity index (χ0) is 16.6. The minimum absolute atomic E-state index is 0.283. The van der Waals surface area contributed by atoms with Gasteiger partial charge in [0.25, 0.3) is 0 Å². The van der Waals surface area contributed by atoms with Gasteiger partial charge in [0, 0.05) is 26.2 Å². The second-order valence-electron chi connectivity index (χ2n) is 6.24.